The molecule has 0 saturated carbocycles. The molecule has 1 aliphatic rings. The van der Waals surface area contributed by atoms with Gasteiger partial charge in [-0.25, -0.2) is 9.18 Å². The Morgan fingerprint density at radius 3 is 2.39 bits per heavy atom. The van der Waals surface area contributed by atoms with Gasteiger partial charge in [-0.3, -0.25) is 0 Å². The van der Waals surface area contributed by atoms with Crippen molar-refractivity contribution in [2.75, 3.05) is 36.4 Å². The van der Waals surface area contributed by atoms with Crippen LogP contribution in [0.25, 0.3) is 0 Å². The van der Waals surface area contributed by atoms with Crippen molar-refractivity contribution in [3.8, 4) is 0 Å². The van der Waals surface area contributed by atoms with E-state index in [9.17, 15) is 9.18 Å². The first-order chi connectivity index (χ1) is 11.1. The monoisotopic (exact) mass is 333 g/mol. The zero-order chi connectivity index (χ0) is 16.2. The number of urea groups is 1. The molecule has 0 atom stereocenters. The average molecular weight is 334 g/mol. The molecule has 0 spiro atoms. The summed E-state index contributed by atoms with van der Waals surface area (Å²) in [4.78, 5) is 16.1. The van der Waals surface area contributed by atoms with Gasteiger partial charge in [0.05, 0.1) is 0 Å². The summed E-state index contributed by atoms with van der Waals surface area (Å²) in [7, 11) is 0. The Hall–Kier alpha value is -2.27. The SMILES string of the molecule is O=C(Nc1ccc(Cl)cc1)N1CCN(c2cccc(F)c2)CC1. The molecule has 0 unspecified atom stereocenters. The van der Waals surface area contributed by atoms with Gasteiger partial charge in [0.2, 0.25) is 0 Å². The highest BCUT2D eigenvalue weighted by Crippen LogP contribution is 2.18. The Bertz CT molecular complexity index is 684. The lowest BCUT2D eigenvalue weighted by molar-refractivity contribution is 0.208. The molecule has 0 aromatic heterocycles. The van der Waals surface area contributed by atoms with Gasteiger partial charge >= 0.3 is 6.03 Å². The van der Waals surface area contributed by atoms with E-state index in [-0.39, 0.29) is 11.8 Å². The summed E-state index contributed by atoms with van der Waals surface area (Å²) in [5, 5.41) is 3.48. The van der Waals surface area contributed by atoms with E-state index < -0.39 is 0 Å². The fraction of sp³-hybridized carbons (Fsp3) is 0.235. The second-order valence-electron chi connectivity index (χ2n) is 5.39. The predicted octanol–water partition coefficient (Wildman–Crippen LogP) is 3.83. The molecule has 120 valence electrons. The number of halogens is 2. The summed E-state index contributed by atoms with van der Waals surface area (Å²) in [6, 6.07) is 13.4. The summed E-state index contributed by atoms with van der Waals surface area (Å²) >= 11 is 5.83. The minimum atomic E-state index is -0.245. The van der Waals surface area contributed by atoms with Crippen LogP contribution < -0.4 is 10.2 Å². The summed E-state index contributed by atoms with van der Waals surface area (Å²) in [5.41, 5.74) is 1.56. The highest BCUT2D eigenvalue weighted by atomic mass is 35.5. The highest BCUT2D eigenvalue weighted by molar-refractivity contribution is 6.30. The van der Waals surface area contributed by atoms with Gasteiger partial charge in [-0.1, -0.05) is 17.7 Å². The van der Waals surface area contributed by atoms with Crippen molar-refractivity contribution in [3.63, 3.8) is 0 Å². The van der Waals surface area contributed by atoms with E-state index in [0.717, 1.165) is 5.69 Å². The van der Waals surface area contributed by atoms with Gasteiger partial charge < -0.3 is 15.1 Å². The number of amides is 2. The van der Waals surface area contributed by atoms with E-state index in [1.165, 1.54) is 12.1 Å². The second-order valence-corrected chi connectivity index (χ2v) is 5.83. The van der Waals surface area contributed by atoms with E-state index in [1.54, 1.807) is 35.2 Å². The molecule has 1 N–H and O–H groups in total. The zero-order valence-corrected chi connectivity index (χ0v) is 13.3. The average Bonchev–Trinajstić information content (AvgIpc) is 2.57. The van der Waals surface area contributed by atoms with Crippen molar-refractivity contribution in [2.24, 2.45) is 0 Å². The molecule has 3 rings (SSSR count). The van der Waals surface area contributed by atoms with Crippen molar-refractivity contribution >= 4 is 29.0 Å². The maximum absolute atomic E-state index is 13.3. The van der Waals surface area contributed by atoms with E-state index >= 15 is 0 Å². The Morgan fingerprint density at radius 1 is 1.04 bits per heavy atom. The molecule has 2 aromatic carbocycles. The van der Waals surface area contributed by atoms with Gasteiger partial charge in [0.25, 0.3) is 0 Å². The van der Waals surface area contributed by atoms with Crippen LogP contribution in [0, 0.1) is 5.82 Å². The first-order valence-electron chi connectivity index (χ1n) is 7.44. The van der Waals surface area contributed by atoms with Crippen LogP contribution in [-0.2, 0) is 0 Å². The minimum Gasteiger partial charge on any atom is -0.368 e. The third kappa shape index (κ3) is 3.93. The van der Waals surface area contributed by atoms with Crippen LogP contribution in [0.5, 0.6) is 0 Å². The molecule has 2 aromatic rings. The molecule has 1 saturated heterocycles. The quantitative estimate of drug-likeness (QED) is 0.906. The highest BCUT2D eigenvalue weighted by Gasteiger charge is 2.21. The van der Waals surface area contributed by atoms with Gasteiger partial charge in [-0.15, -0.1) is 0 Å². The maximum atomic E-state index is 13.3. The van der Waals surface area contributed by atoms with Gasteiger partial charge in [0.1, 0.15) is 5.82 Å². The third-order valence-electron chi connectivity index (χ3n) is 3.84. The zero-order valence-electron chi connectivity index (χ0n) is 12.5. The molecule has 0 aliphatic carbocycles. The standard InChI is InChI=1S/C17H17ClFN3O/c18-13-4-6-15(7-5-13)20-17(23)22-10-8-21(9-11-22)16-3-1-2-14(19)12-16/h1-7,12H,8-11H2,(H,20,23). The van der Waals surface area contributed by atoms with Crippen LogP contribution >= 0.6 is 11.6 Å². The smallest absolute Gasteiger partial charge is 0.321 e. The predicted molar refractivity (Wildman–Crippen MR) is 90.7 cm³/mol. The molecule has 0 bridgehead atoms. The van der Waals surface area contributed by atoms with Gasteiger partial charge in [0.15, 0.2) is 0 Å². The maximum Gasteiger partial charge on any atom is 0.321 e. The number of nitrogens with zero attached hydrogens (tertiary/aromatic N) is 2. The van der Waals surface area contributed by atoms with Crippen LogP contribution in [0.2, 0.25) is 5.02 Å². The Morgan fingerprint density at radius 2 is 1.74 bits per heavy atom. The lowest BCUT2D eigenvalue weighted by Crippen LogP contribution is -2.50. The summed E-state index contributed by atoms with van der Waals surface area (Å²) in [5.74, 6) is -0.245. The van der Waals surface area contributed by atoms with Crippen LogP contribution in [0.15, 0.2) is 48.5 Å². The number of nitrogens with one attached hydrogen (secondary N) is 1. The normalized spacial score (nSPS) is 14.7. The number of carbonyl (C=O) groups is 1. The number of benzene rings is 2. The first kappa shape index (κ1) is 15.6. The van der Waals surface area contributed by atoms with Crippen LogP contribution in [0.4, 0.5) is 20.6 Å². The molecular weight excluding hydrogens is 317 g/mol. The third-order valence-corrected chi connectivity index (χ3v) is 4.09. The number of hydrogen-bond donors (Lipinski definition) is 1. The second kappa shape index (κ2) is 6.87. The number of anilines is 2. The van der Waals surface area contributed by atoms with Gasteiger partial charge in [-0.2, -0.15) is 0 Å². The van der Waals surface area contributed by atoms with Crippen LogP contribution in [0.1, 0.15) is 0 Å². The Labute approximate surface area is 139 Å². The molecule has 2 amide bonds. The van der Waals surface area contributed by atoms with E-state index in [4.69, 9.17) is 11.6 Å². The Balaban J connectivity index is 1.56. The van der Waals surface area contributed by atoms with E-state index in [0.29, 0.717) is 36.9 Å². The van der Waals surface area contributed by atoms with Gasteiger partial charge in [0, 0.05) is 42.6 Å². The van der Waals surface area contributed by atoms with E-state index in [1.807, 2.05) is 6.07 Å². The fourth-order valence-corrected chi connectivity index (χ4v) is 2.70. The van der Waals surface area contributed by atoms with Crippen LogP contribution in [-0.4, -0.2) is 37.1 Å². The first-order valence-corrected chi connectivity index (χ1v) is 7.81. The van der Waals surface area contributed by atoms with Crippen molar-refractivity contribution < 1.29 is 9.18 Å². The van der Waals surface area contributed by atoms with Crippen molar-refractivity contribution in [1.82, 2.24) is 4.90 Å². The summed E-state index contributed by atoms with van der Waals surface area (Å²) in [6.07, 6.45) is 0. The lowest BCUT2D eigenvalue weighted by Gasteiger charge is -2.36. The van der Waals surface area contributed by atoms with Crippen LogP contribution in [0.3, 0.4) is 0 Å². The number of carbonyl (C=O) groups excluding carboxylic acids is 1. The van der Waals surface area contributed by atoms with Crippen molar-refractivity contribution in [1.29, 1.82) is 0 Å². The molecule has 1 aliphatic heterocycles. The number of rotatable bonds is 2. The lowest BCUT2D eigenvalue weighted by atomic mass is 10.2. The van der Waals surface area contributed by atoms with Gasteiger partial charge in [-0.05, 0) is 42.5 Å². The topological polar surface area (TPSA) is 35.6 Å². The minimum absolute atomic E-state index is 0.133. The summed E-state index contributed by atoms with van der Waals surface area (Å²) in [6.45, 7) is 2.54. The molecule has 6 heteroatoms. The molecule has 1 heterocycles. The number of piperazine rings is 1. The Kier molecular flexibility index (Phi) is 4.67. The van der Waals surface area contributed by atoms with Crippen molar-refractivity contribution in [2.45, 2.75) is 0 Å². The van der Waals surface area contributed by atoms with Crippen molar-refractivity contribution in [3.05, 3.63) is 59.4 Å². The molecule has 4 nitrogen and oxygen atoms in total. The van der Waals surface area contributed by atoms with E-state index in [2.05, 4.69) is 10.2 Å². The molecule has 23 heavy (non-hydrogen) atoms. The largest absolute Gasteiger partial charge is 0.368 e. The fourth-order valence-electron chi connectivity index (χ4n) is 2.58. The molecule has 0 radical (unpaired) electrons. The molecular formula is C17H17ClFN3O. The molecule has 1 fully saturated rings. The number of hydrogen-bond acceptors (Lipinski definition) is 2. The summed E-state index contributed by atoms with van der Waals surface area (Å²) < 4.78 is 13.3.